The van der Waals surface area contributed by atoms with Crippen LogP contribution >= 0.6 is 27.5 Å². The van der Waals surface area contributed by atoms with Crippen LogP contribution in [0.4, 0.5) is 0 Å². The normalized spacial score (nSPS) is 12.0. The maximum atomic E-state index is 12.8. The second-order valence-corrected chi connectivity index (χ2v) is 8.90. The first kappa shape index (κ1) is 22.4. The summed E-state index contributed by atoms with van der Waals surface area (Å²) < 4.78 is 8.92. The van der Waals surface area contributed by atoms with Crippen molar-refractivity contribution in [2.75, 3.05) is 6.61 Å². The Hall–Kier alpha value is -2.83. The van der Waals surface area contributed by atoms with Crippen LogP contribution in [0.3, 0.4) is 0 Å². The average molecular weight is 513 g/mol. The number of aryl methyl sites for hydroxylation is 1. The fraction of sp³-hybridized carbons (Fsp3) is 0.200. The van der Waals surface area contributed by atoms with Crippen LogP contribution in [0.25, 0.3) is 11.0 Å². The van der Waals surface area contributed by atoms with Crippen molar-refractivity contribution in [3.63, 3.8) is 0 Å². The van der Waals surface area contributed by atoms with Crippen LogP contribution in [0.5, 0.6) is 5.75 Å². The van der Waals surface area contributed by atoms with Crippen molar-refractivity contribution in [3.8, 4) is 5.75 Å². The second kappa shape index (κ2) is 9.76. The summed E-state index contributed by atoms with van der Waals surface area (Å²) in [6.07, 6.45) is 0. The van der Waals surface area contributed by atoms with Gasteiger partial charge in [-0.05, 0) is 67.9 Å². The lowest BCUT2D eigenvalue weighted by Crippen LogP contribution is -2.29. The molecule has 0 radical (unpaired) electrons. The molecule has 32 heavy (non-hydrogen) atoms. The number of benzene rings is 3. The molecule has 0 spiro atoms. The van der Waals surface area contributed by atoms with Crippen molar-refractivity contribution in [2.24, 2.45) is 0 Å². The van der Waals surface area contributed by atoms with Crippen LogP contribution < -0.4 is 10.1 Å². The van der Waals surface area contributed by atoms with Crippen molar-refractivity contribution in [1.82, 2.24) is 14.9 Å². The molecule has 1 aromatic heterocycles. The minimum absolute atomic E-state index is 0.148. The van der Waals surface area contributed by atoms with Crippen molar-refractivity contribution in [1.29, 1.82) is 0 Å². The number of aromatic nitrogens is 2. The van der Waals surface area contributed by atoms with Gasteiger partial charge in [-0.25, -0.2) is 4.98 Å². The van der Waals surface area contributed by atoms with Crippen molar-refractivity contribution in [3.05, 3.63) is 93.2 Å². The Labute approximate surface area is 200 Å². The largest absolute Gasteiger partial charge is 0.492 e. The maximum Gasteiger partial charge on any atom is 0.251 e. The van der Waals surface area contributed by atoms with E-state index in [9.17, 15) is 4.79 Å². The highest BCUT2D eigenvalue weighted by molar-refractivity contribution is 9.10. The summed E-state index contributed by atoms with van der Waals surface area (Å²) in [5.74, 6) is 1.41. The van der Waals surface area contributed by atoms with E-state index in [0.29, 0.717) is 18.7 Å². The van der Waals surface area contributed by atoms with Crippen LogP contribution in [0.15, 0.2) is 71.2 Å². The Kier molecular flexibility index (Phi) is 6.82. The number of carbonyl (C=O) groups is 1. The average Bonchev–Trinajstić information content (AvgIpc) is 3.15. The van der Waals surface area contributed by atoms with E-state index in [2.05, 4.69) is 25.8 Å². The molecule has 1 N–H and O–H groups in total. The standard InChI is InChI=1S/C25H23BrClN3O2/c1-16-14-20(10-11-21(16)27)32-13-12-30-23-9-4-3-8-22(23)29-24(30)17(2)28-25(31)18-6-5-7-19(26)15-18/h3-11,14-15,17H,12-13H2,1-2H3,(H,28,31). The maximum absolute atomic E-state index is 12.8. The van der Waals surface area contributed by atoms with E-state index in [-0.39, 0.29) is 11.9 Å². The zero-order valence-corrected chi connectivity index (χ0v) is 20.2. The van der Waals surface area contributed by atoms with E-state index in [1.54, 1.807) is 12.1 Å². The molecule has 0 aliphatic heterocycles. The zero-order chi connectivity index (χ0) is 22.7. The van der Waals surface area contributed by atoms with Crippen LogP contribution in [0, 0.1) is 6.92 Å². The Bertz CT molecular complexity index is 1270. The Morgan fingerprint density at radius 3 is 2.75 bits per heavy atom. The number of para-hydroxylation sites is 2. The lowest BCUT2D eigenvalue weighted by Gasteiger charge is -2.17. The molecule has 1 amide bonds. The molecule has 0 saturated carbocycles. The van der Waals surface area contributed by atoms with Gasteiger partial charge in [0, 0.05) is 15.1 Å². The third-order valence-electron chi connectivity index (χ3n) is 5.22. The number of hydrogen-bond donors (Lipinski definition) is 1. The highest BCUT2D eigenvalue weighted by Gasteiger charge is 2.19. The van der Waals surface area contributed by atoms with E-state index in [1.807, 2.05) is 68.4 Å². The Balaban J connectivity index is 1.54. The van der Waals surface area contributed by atoms with Gasteiger partial charge in [0.2, 0.25) is 0 Å². The summed E-state index contributed by atoms with van der Waals surface area (Å²) in [5.41, 5.74) is 3.45. The molecule has 7 heteroatoms. The predicted molar refractivity (Wildman–Crippen MR) is 131 cm³/mol. The molecule has 5 nitrogen and oxygen atoms in total. The number of halogens is 2. The molecule has 0 saturated heterocycles. The number of amides is 1. The summed E-state index contributed by atoms with van der Waals surface area (Å²) in [4.78, 5) is 17.6. The molecule has 1 atom stereocenters. The van der Waals surface area contributed by atoms with Gasteiger partial charge in [0.15, 0.2) is 0 Å². The second-order valence-electron chi connectivity index (χ2n) is 7.58. The van der Waals surface area contributed by atoms with Gasteiger partial charge in [0.05, 0.1) is 23.6 Å². The molecule has 0 aliphatic rings. The van der Waals surface area contributed by atoms with Gasteiger partial charge in [-0.3, -0.25) is 4.79 Å². The molecular formula is C25H23BrClN3O2. The van der Waals surface area contributed by atoms with Gasteiger partial charge in [-0.2, -0.15) is 0 Å². The van der Waals surface area contributed by atoms with Crippen molar-refractivity contribution < 1.29 is 9.53 Å². The van der Waals surface area contributed by atoms with Crippen LogP contribution in [0.1, 0.15) is 34.7 Å². The summed E-state index contributed by atoms with van der Waals surface area (Å²) in [7, 11) is 0. The number of carbonyl (C=O) groups excluding carboxylic acids is 1. The first-order valence-electron chi connectivity index (χ1n) is 10.3. The third kappa shape index (κ3) is 4.97. The number of nitrogens with one attached hydrogen (secondary N) is 1. The number of imidazole rings is 1. The van der Waals surface area contributed by atoms with Gasteiger partial charge in [0.25, 0.3) is 5.91 Å². The van der Waals surface area contributed by atoms with E-state index in [4.69, 9.17) is 21.3 Å². The van der Waals surface area contributed by atoms with Gasteiger partial charge in [-0.15, -0.1) is 0 Å². The lowest BCUT2D eigenvalue weighted by molar-refractivity contribution is 0.0937. The number of ether oxygens (including phenoxy) is 1. The molecule has 4 aromatic rings. The predicted octanol–water partition coefficient (Wildman–Crippen LogP) is 6.33. The highest BCUT2D eigenvalue weighted by atomic mass is 79.9. The lowest BCUT2D eigenvalue weighted by atomic mass is 10.2. The van der Waals surface area contributed by atoms with Crippen LogP contribution in [-0.2, 0) is 6.54 Å². The van der Waals surface area contributed by atoms with E-state index in [1.165, 1.54) is 0 Å². The number of nitrogens with zero attached hydrogens (tertiary/aromatic N) is 2. The molecule has 3 aromatic carbocycles. The number of rotatable bonds is 7. The first-order valence-corrected chi connectivity index (χ1v) is 11.5. The number of fused-ring (bicyclic) bond motifs is 1. The van der Waals surface area contributed by atoms with Gasteiger partial charge >= 0.3 is 0 Å². The van der Waals surface area contributed by atoms with Gasteiger partial charge < -0.3 is 14.6 Å². The smallest absolute Gasteiger partial charge is 0.251 e. The minimum Gasteiger partial charge on any atom is -0.492 e. The van der Waals surface area contributed by atoms with Crippen LogP contribution in [-0.4, -0.2) is 22.1 Å². The van der Waals surface area contributed by atoms with Gasteiger partial charge in [-0.1, -0.05) is 45.7 Å². The monoisotopic (exact) mass is 511 g/mol. The van der Waals surface area contributed by atoms with E-state index in [0.717, 1.165) is 37.7 Å². The number of hydrogen-bond acceptors (Lipinski definition) is 3. The topological polar surface area (TPSA) is 56.1 Å². The van der Waals surface area contributed by atoms with E-state index < -0.39 is 0 Å². The van der Waals surface area contributed by atoms with Gasteiger partial charge in [0.1, 0.15) is 18.2 Å². The first-order chi connectivity index (χ1) is 15.4. The fourth-order valence-electron chi connectivity index (χ4n) is 3.60. The highest BCUT2D eigenvalue weighted by Crippen LogP contribution is 2.23. The molecule has 1 unspecified atom stereocenters. The third-order valence-corrected chi connectivity index (χ3v) is 6.14. The SMILES string of the molecule is Cc1cc(OCCn2c(C(C)NC(=O)c3cccc(Br)c3)nc3ccccc32)ccc1Cl. The molecule has 4 rings (SSSR count). The Morgan fingerprint density at radius 2 is 1.97 bits per heavy atom. The molecule has 164 valence electrons. The molecule has 0 bridgehead atoms. The summed E-state index contributed by atoms with van der Waals surface area (Å²) in [6.45, 7) is 4.94. The summed E-state index contributed by atoms with van der Waals surface area (Å²) in [5, 5.41) is 3.78. The minimum atomic E-state index is -0.286. The molecule has 1 heterocycles. The molecule has 0 aliphatic carbocycles. The quantitative estimate of drug-likeness (QED) is 0.315. The fourth-order valence-corrected chi connectivity index (χ4v) is 4.11. The van der Waals surface area contributed by atoms with E-state index >= 15 is 0 Å². The van der Waals surface area contributed by atoms with Crippen molar-refractivity contribution >= 4 is 44.5 Å². The zero-order valence-electron chi connectivity index (χ0n) is 17.8. The van der Waals surface area contributed by atoms with Crippen LogP contribution in [0.2, 0.25) is 5.02 Å². The molecular weight excluding hydrogens is 490 g/mol. The summed E-state index contributed by atoms with van der Waals surface area (Å²) >= 11 is 9.52. The Morgan fingerprint density at radius 1 is 1.16 bits per heavy atom. The van der Waals surface area contributed by atoms with Crippen molar-refractivity contribution in [2.45, 2.75) is 26.4 Å². The summed E-state index contributed by atoms with van der Waals surface area (Å²) in [6, 6.07) is 20.6. The molecule has 0 fully saturated rings.